The number of hydrogen-bond acceptors (Lipinski definition) is 3. The summed E-state index contributed by atoms with van der Waals surface area (Å²) in [6.45, 7) is 3.29. The van der Waals surface area contributed by atoms with E-state index in [4.69, 9.17) is 0 Å². The van der Waals surface area contributed by atoms with Gasteiger partial charge in [-0.15, -0.1) is 0 Å². The van der Waals surface area contributed by atoms with Crippen molar-refractivity contribution in [3.05, 3.63) is 0 Å². The highest BCUT2D eigenvalue weighted by Gasteiger charge is 2.42. The number of carbonyl (C=O) groups excluding carboxylic acids is 2. The van der Waals surface area contributed by atoms with Gasteiger partial charge in [0.15, 0.2) is 0 Å². The van der Waals surface area contributed by atoms with Gasteiger partial charge < -0.3 is 10.2 Å². The van der Waals surface area contributed by atoms with Crippen molar-refractivity contribution in [1.82, 2.24) is 15.1 Å². The molecule has 1 N–H and O–H groups in total. The fourth-order valence-electron chi connectivity index (χ4n) is 4.40. The molecule has 22 heavy (non-hydrogen) atoms. The van der Waals surface area contributed by atoms with Crippen molar-refractivity contribution >= 4 is 11.8 Å². The van der Waals surface area contributed by atoms with Gasteiger partial charge in [0.1, 0.15) is 0 Å². The summed E-state index contributed by atoms with van der Waals surface area (Å²) in [5, 5.41) is 2.97. The third kappa shape index (κ3) is 3.29. The van der Waals surface area contributed by atoms with E-state index in [0.29, 0.717) is 18.2 Å². The summed E-state index contributed by atoms with van der Waals surface area (Å²) < 4.78 is 0. The summed E-state index contributed by atoms with van der Waals surface area (Å²) in [6.07, 6.45) is 8.15. The Labute approximate surface area is 133 Å². The Morgan fingerprint density at radius 3 is 2.82 bits per heavy atom. The van der Waals surface area contributed by atoms with E-state index in [1.807, 2.05) is 0 Å². The number of hydrogen-bond donors (Lipinski definition) is 1. The SMILES string of the molecule is CN1CCN(C(=O)CC2CCCC2)C[C@]12CCNC(=O)CC2. The molecule has 2 aliphatic heterocycles. The summed E-state index contributed by atoms with van der Waals surface area (Å²) in [7, 11) is 2.15. The van der Waals surface area contributed by atoms with E-state index in [1.54, 1.807) is 0 Å². The zero-order valence-electron chi connectivity index (χ0n) is 13.8. The zero-order chi connectivity index (χ0) is 15.6. The second-order valence-corrected chi connectivity index (χ2v) is 7.42. The minimum atomic E-state index is -0.0112. The molecule has 0 aromatic rings. The predicted molar refractivity (Wildman–Crippen MR) is 85.4 cm³/mol. The molecule has 1 saturated carbocycles. The Hall–Kier alpha value is -1.10. The molecule has 3 rings (SSSR count). The van der Waals surface area contributed by atoms with E-state index in [-0.39, 0.29) is 11.4 Å². The maximum atomic E-state index is 12.7. The second kappa shape index (κ2) is 6.57. The Balaban J connectivity index is 1.64. The van der Waals surface area contributed by atoms with Gasteiger partial charge in [0.25, 0.3) is 0 Å². The molecular weight excluding hydrogens is 278 g/mol. The first-order chi connectivity index (χ1) is 10.6. The van der Waals surface area contributed by atoms with Crippen LogP contribution in [-0.2, 0) is 9.59 Å². The number of likely N-dealkylation sites (N-methyl/N-ethyl adjacent to an activating group) is 1. The molecule has 5 nitrogen and oxygen atoms in total. The van der Waals surface area contributed by atoms with E-state index in [9.17, 15) is 9.59 Å². The molecule has 3 fully saturated rings. The summed E-state index contributed by atoms with van der Waals surface area (Å²) in [5.74, 6) is 1.10. The van der Waals surface area contributed by atoms with Crippen molar-refractivity contribution in [2.24, 2.45) is 5.92 Å². The largest absolute Gasteiger partial charge is 0.356 e. The van der Waals surface area contributed by atoms with Crippen LogP contribution < -0.4 is 5.32 Å². The summed E-state index contributed by atoms with van der Waals surface area (Å²) in [6, 6.07) is 0. The molecular formula is C17H29N3O2. The molecule has 1 spiro atoms. The Morgan fingerprint density at radius 1 is 1.27 bits per heavy atom. The van der Waals surface area contributed by atoms with Gasteiger partial charge in [-0.25, -0.2) is 0 Å². The average molecular weight is 307 g/mol. The maximum absolute atomic E-state index is 12.7. The molecule has 2 amide bonds. The first-order valence-electron chi connectivity index (χ1n) is 8.85. The summed E-state index contributed by atoms with van der Waals surface area (Å²) >= 11 is 0. The van der Waals surface area contributed by atoms with Crippen LogP contribution in [-0.4, -0.2) is 60.4 Å². The minimum absolute atomic E-state index is 0.0112. The molecule has 0 aromatic heterocycles. The smallest absolute Gasteiger partial charge is 0.222 e. The first-order valence-corrected chi connectivity index (χ1v) is 8.85. The fourth-order valence-corrected chi connectivity index (χ4v) is 4.40. The molecule has 5 heteroatoms. The lowest BCUT2D eigenvalue weighted by atomic mass is 9.86. The average Bonchev–Trinajstić information content (AvgIpc) is 2.93. The number of piperazine rings is 1. The van der Waals surface area contributed by atoms with E-state index in [0.717, 1.165) is 45.4 Å². The van der Waals surface area contributed by atoms with Crippen molar-refractivity contribution in [1.29, 1.82) is 0 Å². The van der Waals surface area contributed by atoms with Gasteiger partial charge in [0.2, 0.25) is 11.8 Å². The van der Waals surface area contributed by atoms with Crippen LogP contribution in [0.2, 0.25) is 0 Å². The van der Waals surface area contributed by atoms with Crippen LogP contribution in [0.3, 0.4) is 0 Å². The normalized spacial score (nSPS) is 31.3. The van der Waals surface area contributed by atoms with Crippen LogP contribution in [0, 0.1) is 5.92 Å². The highest BCUT2D eigenvalue weighted by Crippen LogP contribution is 2.32. The van der Waals surface area contributed by atoms with Crippen molar-refractivity contribution in [3.63, 3.8) is 0 Å². The third-order valence-corrected chi connectivity index (χ3v) is 6.02. The number of nitrogens with one attached hydrogen (secondary N) is 1. The summed E-state index contributed by atoms with van der Waals surface area (Å²) in [5.41, 5.74) is -0.0112. The molecule has 0 bridgehead atoms. The highest BCUT2D eigenvalue weighted by molar-refractivity contribution is 5.77. The molecule has 1 atom stereocenters. The first kappa shape index (κ1) is 15.8. The number of amides is 2. The number of carbonyl (C=O) groups is 2. The Morgan fingerprint density at radius 2 is 2.05 bits per heavy atom. The van der Waals surface area contributed by atoms with Crippen molar-refractivity contribution in [3.8, 4) is 0 Å². The van der Waals surface area contributed by atoms with Gasteiger partial charge in [-0.1, -0.05) is 12.8 Å². The maximum Gasteiger partial charge on any atom is 0.222 e. The van der Waals surface area contributed by atoms with Gasteiger partial charge in [-0.2, -0.15) is 0 Å². The third-order valence-electron chi connectivity index (χ3n) is 6.02. The highest BCUT2D eigenvalue weighted by atomic mass is 16.2. The second-order valence-electron chi connectivity index (χ2n) is 7.42. The van der Waals surface area contributed by atoms with Crippen LogP contribution >= 0.6 is 0 Å². The van der Waals surface area contributed by atoms with Gasteiger partial charge in [-0.3, -0.25) is 14.5 Å². The van der Waals surface area contributed by atoms with Gasteiger partial charge in [0.05, 0.1) is 0 Å². The number of rotatable bonds is 2. The molecule has 0 radical (unpaired) electrons. The molecule has 1 aliphatic carbocycles. The van der Waals surface area contributed by atoms with Crippen LogP contribution in [0.4, 0.5) is 0 Å². The van der Waals surface area contributed by atoms with Crippen molar-refractivity contribution in [2.45, 2.75) is 56.9 Å². The molecule has 2 heterocycles. The topological polar surface area (TPSA) is 52.6 Å². The van der Waals surface area contributed by atoms with Gasteiger partial charge >= 0.3 is 0 Å². The van der Waals surface area contributed by atoms with E-state index < -0.39 is 0 Å². The molecule has 0 unspecified atom stereocenters. The van der Waals surface area contributed by atoms with Crippen LogP contribution in [0.15, 0.2) is 0 Å². The molecule has 2 saturated heterocycles. The van der Waals surface area contributed by atoms with Crippen molar-refractivity contribution < 1.29 is 9.59 Å². The quantitative estimate of drug-likeness (QED) is 0.838. The monoisotopic (exact) mass is 307 g/mol. The Bertz CT molecular complexity index is 434. The van der Waals surface area contributed by atoms with Crippen LogP contribution in [0.5, 0.6) is 0 Å². The van der Waals surface area contributed by atoms with Gasteiger partial charge in [-0.05, 0) is 38.6 Å². The summed E-state index contributed by atoms with van der Waals surface area (Å²) in [4.78, 5) is 28.8. The van der Waals surface area contributed by atoms with Crippen LogP contribution in [0.25, 0.3) is 0 Å². The minimum Gasteiger partial charge on any atom is -0.356 e. The molecule has 3 aliphatic rings. The Kier molecular flexibility index (Phi) is 4.71. The predicted octanol–water partition coefficient (Wildman–Crippen LogP) is 1.38. The number of nitrogens with zero attached hydrogens (tertiary/aromatic N) is 2. The van der Waals surface area contributed by atoms with Crippen LogP contribution in [0.1, 0.15) is 51.4 Å². The van der Waals surface area contributed by atoms with E-state index >= 15 is 0 Å². The lowest BCUT2D eigenvalue weighted by Gasteiger charge is -2.49. The van der Waals surface area contributed by atoms with Crippen molar-refractivity contribution in [2.75, 3.05) is 33.2 Å². The van der Waals surface area contributed by atoms with Gasteiger partial charge in [0, 0.05) is 44.6 Å². The van der Waals surface area contributed by atoms with E-state index in [2.05, 4.69) is 22.2 Å². The zero-order valence-corrected chi connectivity index (χ0v) is 13.8. The molecule has 0 aromatic carbocycles. The lowest BCUT2D eigenvalue weighted by Crippen LogP contribution is -2.62. The fraction of sp³-hybridized carbons (Fsp3) is 0.882. The lowest BCUT2D eigenvalue weighted by molar-refractivity contribution is -0.137. The standard InChI is InChI=1S/C17H29N3O2/c1-19-10-11-20(16(22)12-14-4-2-3-5-14)13-17(19)7-6-15(21)18-9-8-17/h14H,2-13H2,1H3,(H,18,21)/t17-/m0/s1. The van der Waals surface area contributed by atoms with E-state index in [1.165, 1.54) is 25.7 Å². The molecule has 124 valence electrons.